The second-order valence-electron chi connectivity index (χ2n) is 6.33. The Labute approximate surface area is 168 Å². The van der Waals surface area contributed by atoms with Crippen molar-refractivity contribution >= 4 is 34.4 Å². The number of halogens is 1. The number of anilines is 1. The molecule has 0 bridgehead atoms. The van der Waals surface area contributed by atoms with Gasteiger partial charge in [0.05, 0.1) is 11.0 Å². The molecule has 0 saturated carbocycles. The molecule has 0 spiro atoms. The first-order valence-corrected chi connectivity index (χ1v) is 9.39. The maximum absolute atomic E-state index is 12.2. The normalized spacial score (nSPS) is 10.8. The van der Waals surface area contributed by atoms with Crippen LogP contribution in [0.1, 0.15) is 0 Å². The Kier molecular flexibility index (Phi) is 5.26. The molecule has 4 aromatic rings. The van der Waals surface area contributed by atoms with Crippen molar-refractivity contribution in [3.05, 3.63) is 83.9 Å². The summed E-state index contributed by atoms with van der Waals surface area (Å²) in [6.07, 6.45) is 0. The van der Waals surface area contributed by atoms with Crippen LogP contribution in [-0.4, -0.2) is 22.1 Å². The number of amides is 2. The number of rotatable bonds is 5. The lowest BCUT2D eigenvalue weighted by Crippen LogP contribution is -2.31. The summed E-state index contributed by atoms with van der Waals surface area (Å²) in [6, 6.07) is 24.8. The van der Waals surface area contributed by atoms with Crippen molar-refractivity contribution in [3.8, 4) is 11.4 Å². The third-order valence-electron chi connectivity index (χ3n) is 4.41. The third-order valence-corrected chi connectivity index (χ3v) is 4.66. The van der Waals surface area contributed by atoms with E-state index in [9.17, 15) is 4.79 Å². The van der Waals surface area contributed by atoms with E-state index in [1.54, 1.807) is 24.3 Å². The summed E-state index contributed by atoms with van der Waals surface area (Å²) >= 11 is 5.86. The van der Waals surface area contributed by atoms with Crippen LogP contribution in [0.4, 0.5) is 10.5 Å². The predicted octanol–water partition coefficient (Wildman–Crippen LogP) is 5.18. The molecule has 0 aliphatic heterocycles. The van der Waals surface area contributed by atoms with Gasteiger partial charge in [-0.3, -0.25) is 0 Å². The Balaban J connectivity index is 1.48. The van der Waals surface area contributed by atoms with Crippen molar-refractivity contribution in [1.82, 2.24) is 14.9 Å². The molecular weight excluding hydrogens is 372 g/mol. The molecular formula is C22H19ClN4O. The smallest absolute Gasteiger partial charge is 0.319 e. The van der Waals surface area contributed by atoms with Crippen LogP contribution in [0.3, 0.4) is 0 Å². The van der Waals surface area contributed by atoms with Crippen molar-refractivity contribution in [1.29, 1.82) is 0 Å². The van der Waals surface area contributed by atoms with E-state index in [0.29, 0.717) is 23.8 Å². The lowest BCUT2D eigenvalue weighted by atomic mass is 10.2. The molecule has 0 aliphatic rings. The van der Waals surface area contributed by atoms with E-state index in [0.717, 1.165) is 22.4 Å². The summed E-state index contributed by atoms with van der Waals surface area (Å²) in [5.41, 5.74) is 3.72. The van der Waals surface area contributed by atoms with Gasteiger partial charge in [0.2, 0.25) is 0 Å². The number of carbonyl (C=O) groups excluding carboxylic acids is 1. The van der Waals surface area contributed by atoms with Crippen LogP contribution >= 0.6 is 11.6 Å². The molecule has 140 valence electrons. The Morgan fingerprint density at radius 2 is 1.64 bits per heavy atom. The maximum atomic E-state index is 12.2. The summed E-state index contributed by atoms with van der Waals surface area (Å²) in [5, 5.41) is 6.33. The lowest BCUT2D eigenvalue weighted by Gasteiger charge is -2.11. The second kappa shape index (κ2) is 8.15. The molecule has 0 fully saturated rings. The monoisotopic (exact) mass is 390 g/mol. The molecule has 3 aromatic carbocycles. The molecule has 2 N–H and O–H groups in total. The van der Waals surface area contributed by atoms with Crippen LogP contribution in [0.25, 0.3) is 22.4 Å². The largest absolute Gasteiger partial charge is 0.336 e. The molecule has 0 atom stereocenters. The number of nitrogens with zero attached hydrogens (tertiary/aromatic N) is 2. The number of nitrogens with one attached hydrogen (secondary N) is 2. The average Bonchev–Trinajstić information content (AvgIpc) is 3.09. The molecule has 0 aliphatic carbocycles. The summed E-state index contributed by atoms with van der Waals surface area (Å²) in [6.45, 7) is 1.08. The fourth-order valence-corrected chi connectivity index (χ4v) is 3.23. The lowest BCUT2D eigenvalue weighted by molar-refractivity contribution is 0.251. The Morgan fingerprint density at radius 1 is 0.929 bits per heavy atom. The zero-order valence-corrected chi connectivity index (χ0v) is 15.9. The topological polar surface area (TPSA) is 59.0 Å². The Bertz CT molecular complexity index is 1090. The molecule has 2 amide bonds. The summed E-state index contributed by atoms with van der Waals surface area (Å²) < 4.78 is 2.13. The van der Waals surface area contributed by atoms with E-state index in [4.69, 9.17) is 16.6 Å². The predicted molar refractivity (Wildman–Crippen MR) is 114 cm³/mol. The van der Waals surface area contributed by atoms with Gasteiger partial charge in [0.15, 0.2) is 0 Å². The van der Waals surface area contributed by atoms with Crippen LogP contribution in [0, 0.1) is 0 Å². The van der Waals surface area contributed by atoms with Gasteiger partial charge < -0.3 is 15.2 Å². The molecule has 1 aromatic heterocycles. The van der Waals surface area contributed by atoms with Crippen LogP contribution in [-0.2, 0) is 6.54 Å². The fourth-order valence-electron chi connectivity index (χ4n) is 3.10. The highest BCUT2D eigenvalue weighted by molar-refractivity contribution is 6.30. The van der Waals surface area contributed by atoms with Crippen molar-refractivity contribution < 1.29 is 4.79 Å². The first-order chi connectivity index (χ1) is 13.7. The van der Waals surface area contributed by atoms with Gasteiger partial charge >= 0.3 is 6.03 Å². The van der Waals surface area contributed by atoms with E-state index >= 15 is 0 Å². The summed E-state index contributed by atoms with van der Waals surface area (Å²) in [4.78, 5) is 16.9. The van der Waals surface area contributed by atoms with Gasteiger partial charge in [-0.05, 0) is 36.4 Å². The van der Waals surface area contributed by atoms with Gasteiger partial charge in [0, 0.05) is 29.4 Å². The number of para-hydroxylation sites is 2. The zero-order valence-electron chi connectivity index (χ0n) is 15.1. The van der Waals surface area contributed by atoms with Crippen molar-refractivity contribution in [3.63, 3.8) is 0 Å². The van der Waals surface area contributed by atoms with Crippen LogP contribution in [0.15, 0.2) is 78.9 Å². The molecule has 28 heavy (non-hydrogen) atoms. The van der Waals surface area contributed by atoms with E-state index < -0.39 is 0 Å². The number of benzene rings is 3. The van der Waals surface area contributed by atoms with Crippen LogP contribution in [0.5, 0.6) is 0 Å². The van der Waals surface area contributed by atoms with Crippen molar-refractivity contribution in [2.45, 2.75) is 6.54 Å². The van der Waals surface area contributed by atoms with E-state index in [2.05, 4.69) is 15.2 Å². The minimum atomic E-state index is -0.256. The number of aromatic nitrogens is 2. The van der Waals surface area contributed by atoms with Gasteiger partial charge in [0.25, 0.3) is 0 Å². The number of hydrogen-bond donors (Lipinski definition) is 2. The number of fused-ring (bicyclic) bond motifs is 1. The number of imidazole rings is 1. The molecule has 5 nitrogen and oxygen atoms in total. The van der Waals surface area contributed by atoms with Crippen molar-refractivity contribution in [2.75, 3.05) is 11.9 Å². The molecule has 6 heteroatoms. The minimum Gasteiger partial charge on any atom is -0.336 e. The maximum Gasteiger partial charge on any atom is 0.319 e. The van der Waals surface area contributed by atoms with Crippen LogP contribution < -0.4 is 10.6 Å². The standard InChI is InChI=1S/C22H19ClN4O/c23-17-10-12-18(13-11-17)25-22(28)24-14-15-27-20-9-5-4-8-19(20)26-21(27)16-6-2-1-3-7-16/h1-13H,14-15H2,(H2,24,25,28). The van der Waals surface area contributed by atoms with Crippen molar-refractivity contribution in [2.24, 2.45) is 0 Å². The highest BCUT2D eigenvalue weighted by Gasteiger charge is 2.12. The first-order valence-electron chi connectivity index (χ1n) is 9.02. The third kappa shape index (κ3) is 4.00. The Morgan fingerprint density at radius 3 is 2.43 bits per heavy atom. The summed E-state index contributed by atoms with van der Waals surface area (Å²) in [5.74, 6) is 0.890. The highest BCUT2D eigenvalue weighted by atomic mass is 35.5. The molecule has 0 saturated heterocycles. The first kappa shape index (κ1) is 18.1. The van der Waals surface area contributed by atoms with Gasteiger partial charge in [-0.1, -0.05) is 54.1 Å². The fraction of sp³-hybridized carbons (Fsp3) is 0.0909. The van der Waals surface area contributed by atoms with Crippen LogP contribution in [0.2, 0.25) is 5.02 Å². The van der Waals surface area contributed by atoms with Gasteiger partial charge in [-0.2, -0.15) is 0 Å². The quantitative estimate of drug-likeness (QED) is 0.493. The molecule has 4 rings (SSSR count). The highest BCUT2D eigenvalue weighted by Crippen LogP contribution is 2.24. The summed E-state index contributed by atoms with van der Waals surface area (Å²) in [7, 11) is 0. The molecule has 1 heterocycles. The minimum absolute atomic E-state index is 0.256. The van der Waals surface area contributed by atoms with Gasteiger partial charge in [0.1, 0.15) is 5.82 Å². The van der Waals surface area contributed by atoms with E-state index in [1.165, 1.54) is 0 Å². The van der Waals surface area contributed by atoms with E-state index in [1.807, 2.05) is 54.6 Å². The van der Waals surface area contributed by atoms with Gasteiger partial charge in [-0.25, -0.2) is 9.78 Å². The average molecular weight is 391 g/mol. The second-order valence-corrected chi connectivity index (χ2v) is 6.77. The SMILES string of the molecule is O=C(NCCn1c(-c2ccccc2)nc2ccccc21)Nc1ccc(Cl)cc1. The number of carbonyl (C=O) groups is 1. The van der Waals surface area contributed by atoms with Gasteiger partial charge in [-0.15, -0.1) is 0 Å². The Hall–Kier alpha value is -3.31. The molecule has 0 unspecified atom stereocenters. The zero-order chi connectivity index (χ0) is 19.3. The number of urea groups is 1. The number of hydrogen-bond acceptors (Lipinski definition) is 2. The van der Waals surface area contributed by atoms with E-state index in [-0.39, 0.29) is 6.03 Å². The molecule has 0 radical (unpaired) electrons.